The average molecular weight is 329 g/mol. The van der Waals surface area contributed by atoms with Crippen molar-refractivity contribution < 1.29 is 9.32 Å². The van der Waals surface area contributed by atoms with E-state index in [-0.39, 0.29) is 17.2 Å². The van der Waals surface area contributed by atoms with Gasteiger partial charge in [-0.3, -0.25) is 9.59 Å². The van der Waals surface area contributed by atoms with Crippen LogP contribution in [0.15, 0.2) is 21.5 Å². The van der Waals surface area contributed by atoms with E-state index in [1.807, 2.05) is 0 Å². The molecule has 1 amide bonds. The van der Waals surface area contributed by atoms with Gasteiger partial charge in [-0.1, -0.05) is 5.16 Å². The van der Waals surface area contributed by atoms with Crippen LogP contribution in [-0.2, 0) is 6.42 Å². The Labute approximate surface area is 138 Å². The van der Waals surface area contributed by atoms with Crippen LogP contribution in [0.2, 0.25) is 0 Å². The van der Waals surface area contributed by atoms with Crippen LogP contribution in [0.4, 0.5) is 0 Å². The SMILES string of the molecule is O=C(c1ccc(=O)[nH]n1)N1CCCC(Cc2nc(C3CC3)no2)C1. The van der Waals surface area contributed by atoms with Gasteiger partial charge in [-0.05, 0) is 37.7 Å². The molecule has 4 rings (SSSR count). The number of aromatic nitrogens is 4. The number of H-pyrrole nitrogens is 1. The van der Waals surface area contributed by atoms with Gasteiger partial charge in [0, 0.05) is 31.5 Å². The quantitative estimate of drug-likeness (QED) is 0.901. The molecule has 3 heterocycles. The number of likely N-dealkylation sites (tertiary alicyclic amines) is 1. The minimum Gasteiger partial charge on any atom is -0.339 e. The largest absolute Gasteiger partial charge is 0.339 e. The zero-order valence-corrected chi connectivity index (χ0v) is 13.3. The number of carbonyl (C=O) groups is 1. The fourth-order valence-electron chi connectivity index (χ4n) is 3.15. The number of nitrogens with one attached hydrogen (secondary N) is 1. The highest BCUT2D eigenvalue weighted by atomic mass is 16.5. The molecular weight excluding hydrogens is 310 g/mol. The number of piperidine rings is 1. The van der Waals surface area contributed by atoms with Crippen LogP contribution in [-0.4, -0.2) is 44.2 Å². The molecular formula is C16H19N5O3. The van der Waals surface area contributed by atoms with E-state index in [1.54, 1.807) is 4.90 Å². The Balaban J connectivity index is 1.40. The lowest BCUT2D eigenvalue weighted by atomic mass is 9.94. The molecule has 0 aromatic carbocycles. The molecule has 0 bridgehead atoms. The number of carbonyl (C=O) groups excluding carboxylic acids is 1. The zero-order chi connectivity index (χ0) is 16.5. The normalized spacial score (nSPS) is 21.0. The van der Waals surface area contributed by atoms with Crippen LogP contribution in [0.5, 0.6) is 0 Å². The van der Waals surface area contributed by atoms with Crippen molar-refractivity contribution >= 4 is 5.91 Å². The average Bonchev–Trinajstić information content (AvgIpc) is 3.35. The molecule has 8 nitrogen and oxygen atoms in total. The van der Waals surface area contributed by atoms with E-state index < -0.39 is 0 Å². The molecule has 24 heavy (non-hydrogen) atoms. The second-order valence-electron chi connectivity index (χ2n) is 6.59. The molecule has 1 atom stereocenters. The van der Waals surface area contributed by atoms with E-state index in [9.17, 15) is 9.59 Å². The summed E-state index contributed by atoms with van der Waals surface area (Å²) in [4.78, 5) is 29.8. The van der Waals surface area contributed by atoms with Crippen molar-refractivity contribution in [1.82, 2.24) is 25.2 Å². The lowest BCUT2D eigenvalue weighted by molar-refractivity contribution is 0.0661. The van der Waals surface area contributed by atoms with Gasteiger partial charge in [-0.25, -0.2) is 5.10 Å². The van der Waals surface area contributed by atoms with E-state index in [0.29, 0.717) is 37.2 Å². The van der Waals surface area contributed by atoms with Gasteiger partial charge in [-0.15, -0.1) is 0 Å². The van der Waals surface area contributed by atoms with Crippen LogP contribution in [0.25, 0.3) is 0 Å². The number of aromatic amines is 1. The van der Waals surface area contributed by atoms with Crippen molar-refractivity contribution in [3.8, 4) is 0 Å². The van der Waals surface area contributed by atoms with Crippen molar-refractivity contribution in [2.75, 3.05) is 13.1 Å². The van der Waals surface area contributed by atoms with Crippen LogP contribution in [0.3, 0.4) is 0 Å². The van der Waals surface area contributed by atoms with Crippen molar-refractivity contribution in [3.05, 3.63) is 39.9 Å². The first-order chi connectivity index (χ1) is 11.7. The third-order valence-corrected chi connectivity index (χ3v) is 4.59. The number of amides is 1. The summed E-state index contributed by atoms with van der Waals surface area (Å²) >= 11 is 0. The Morgan fingerprint density at radius 3 is 2.96 bits per heavy atom. The fraction of sp³-hybridized carbons (Fsp3) is 0.562. The Morgan fingerprint density at radius 1 is 1.33 bits per heavy atom. The first kappa shape index (κ1) is 15.0. The third-order valence-electron chi connectivity index (χ3n) is 4.59. The van der Waals surface area contributed by atoms with Gasteiger partial charge in [0.05, 0.1) is 0 Å². The summed E-state index contributed by atoms with van der Waals surface area (Å²) in [5, 5.41) is 10.2. The van der Waals surface area contributed by atoms with Crippen molar-refractivity contribution in [2.45, 2.75) is 38.0 Å². The highest BCUT2D eigenvalue weighted by molar-refractivity contribution is 5.92. The molecule has 0 radical (unpaired) electrons. The Morgan fingerprint density at radius 2 is 2.21 bits per heavy atom. The number of nitrogens with zero attached hydrogens (tertiary/aromatic N) is 4. The molecule has 1 unspecified atom stereocenters. The number of rotatable bonds is 4. The lowest BCUT2D eigenvalue weighted by Gasteiger charge is -2.31. The standard InChI is InChI=1S/C16H19N5O3/c22-13-6-5-12(18-19-13)16(23)21-7-1-2-10(9-21)8-14-17-15(20-24-14)11-3-4-11/h5-6,10-11H,1-4,7-9H2,(H,19,22). The van der Waals surface area contributed by atoms with E-state index in [2.05, 4.69) is 20.3 Å². The van der Waals surface area contributed by atoms with Gasteiger partial charge in [0.1, 0.15) is 5.69 Å². The molecule has 126 valence electrons. The predicted octanol–water partition coefficient (Wildman–Crippen LogP) is 1.13. The molecule has 1 N–H and O–H groups in total. The van der Waals surface area contributed by atoms with Crippen LogP contribution in [0.1, 0.15) is 53.8 Å². The van der Waals surface area contributed by atoms with Crippen LogP contribution < -0.4 is 5.56 Å². The Hall–Kier alpha value is -2.51. The molecule has 2 aromatic rings. The van der Waals surface area contributed by atoms with Crippen molar-refractivity contribution in [2.24, 2.45) is 5.92 Å². The summed E-state index contributed by atoms with van der Waals surface area (Å²) in [7, 11) is 0. The summed E-state index contributed by atoms with van der Waals surface area (Å²) in [5.74, 6) is 2.13. The Kier molecular flexibility index (Phi) is 3.87. The summed E-state index contributed by atoms with van der Waals surface area (Å²) in [6, 6.07) is 2.78. The second kappa shape index (κ2) is 6.18. The van der Waals surface area contributed by atoms with Gasteiger partial charge in [-0.2, -0.15) is 10.1 Å². The molecule has 2 aromatic heterocycles. The van der Waals surface area contributed by atoms with Gasteiger partial charge in [0.15, 0.2) is 5.82 Å². The fourth-order valence-corrected chi connectivity index (χ4v) is 3.15. The smallest absolute Gasteiger partial charge is 0.274 e. The monoisotopic (exact) mass is 329 g/mol. The van der Waals surface area contributed by atoms with E-state index in [1.165, 1.54) is 12.1 Å². The molecule has 0 spiro atoms. The van der Waals surface area contributed by atoms with Gasteiger partial charge in [0.25, 0.3) is 11.5 Å². The summed E-state index contributed by atoms with van der Waals surface area (Å²) in [6.07, 6.45) is 4.96. The van der Waals surface area contributed by atoms with Gasteiger partial charge >= 0.3 is 0 Å². The van der Waals surface area contributed by atoms with Crippen molar-refractivity contribution in [1.29, 1.82) is 0 Å². The molecule has 1 saturated heterocycles. The lowest BCUT2D eigenvalue weighted by Crippen LogP contribution is -2.41. The highest BCUT2D eigenvalue weighted by Crippen LogP contribution is 2.38. The van der Waals surface area contributed by atoms with E-state index in [4.69, 9.17) is 4.52 Å². The number of hydrogen-bond donors (Lipinski definition) is 1. The van der Waals surface area contributed by atoms with Crippen molar-refractivity contribution in [3.63, 3.8) is 0 Å². The van der Waals surface area contributed by atoms with E-state index in [0.717, 1.165) is 31.5 Å². The maximum Gasteiger partial charge on any atom is 0.274 e. The molecule has 1 saturated carbocycles. The number of hydrogen-bond acceptors (Lipinski definition) is 6. The van der Waals surface area contributed by atoms with Gasteiger partial charge in [0.2, 0.25) is 5.89 Å². The Bertz CT molecular complexity index is 775. The minimum atomic E-state index is -0.314. The molecule has 1 aliphatic carbocycles. The first-order valence-corrected chi connectivity index (χ1v) is 8.36. The highest BCUT2D eigenvalue weighted by Gasteiger charge is 2.30. The second-order valence-corrected chi connectivity index (χ2v) is 6.59. The zero-order valence-electron chi connectivity index (χ0n) is 13.3. The third kappa shape index (κ3) is 3.22. The molecule has 2 aliphatic rings. The topological polar surface area (TPSA) is 105 Å². The maximum absolute atomic E-state index is 12.5. The van der Waals surface area contributed by atoms with E-state index >= 15 is 0 Å². The maximum atomic E-state index is 12.5. The summed E-state index contributed by atoms with van der Waals surface area (Å²) < 4.78 is 5.35. The van der Waals surface area contributed by atoms with Crippen LogP contribution >= 0.6 is 0 Å². The summed E-state index contributed by atoms with van der Waals surface area (Å²) in [6.45, 7) is 1.34. The van der Waals surface area contributed by atoms with Crippen LogP contribution in [0, 0.1) is 5.92 Å². The predicted molar refractivity (Wildman–Crippen MR) is 83.5 cm³/mol. The molecule has 1 aliphatic heterocycles. The summed E-state index contributed by atoms with van der Waals surface area (Å²) in [5.41, 5.74) is -0.0463. The minimum absolute atomic E-state index is 0.153. The van der Waals surface area contributed by atoms with Gasteiger partial charge < -0.3 is 9.42 Å². The first-order valence-electron chi connectivity index (χ1n) is 8.36. The molecule has 8 heteroatoms. The molecule has 2 fully saturated rings.